The topological polar surface area (TPSA) is 12.9 Å². The summed E-state index contributed by atoms with van der Waals surface area (Å²) in [7, 11) is 0. The minimum atomic E-state index is 0.730. The fourth-order valence-corrected chi connectivity index (χ4v) is 1.74. The summed E-state index contributed by atoms with van der Waals surface area (Å²) in [5.74, 6) is 1.18. The Hall–Kier alpha value is -0.500. The van der Waals surface area contributed by atoms with Gasteiger partial charge in [0.2, 0.25) is 0 Å². The molecular weight excluding hydrogens is 166 g/mol. The molecule has 0 saturated carbocycles. The lowest BCUT2D eigenvalue weighted by Gasteiger charge is -2.03. The highest BCUT2D eigenvalue weighted by Crippen LogP contribution is 2.10. The summed E-state index contributed by atoms with van der Waals surface area (Å²) < 4.78 is 0. The minimum Gasteiger partial charge on any atom is -0.261 e. The lowest BCUT2D eigenvalue weighted by molar-refractivity contribution is 1.03. The summed E-state index contributed by atoms with van der Waals surface area (Å²) in [5, 5.41) is 0.730. The summed E-state index contributed by atoms with van der Waals surface area (Å²) in [6.07, 6.45) is 2.94. The van der Waals surface area contributed by atoms with Crippen LogP contribution in [0.2, 0.25) is 0 Å². The lowest BCUT2D eigenvalue weighted by Crippen LogP contribution is -1.95. The zero-order chi connectivity index (χ0) is 8.81. The third-order valence-electron chi connectivity index (χ3n) is 1.54. The number of rotatable bonds is 4. The van der Waals surface area contributed by atoms with Crippen LogP contribution in [0.3, 0.4) is 0 Å². The molecule has 0 amide bonds. The van der Waals surface area contributed by atoms with Crippen molar-refractivity contribution in [3.05, 3.63) is 30.1 Å². The largest absolute Gasteiger partial charge is 0.261 e. The van der Waals surface area contributed by atoms with E-state index in [1.807, 2.05) is 30.1 Å². The Balaban J connectivity index is 2.25. The fraction of sp³-hybridized carbons (Fsp3) is 0.500. The Labute approximate surface area is 78.6 Å². The maximum Gasteiger partial charge on any atom is 0.0411 e. The lowest BCUT2D eigenvalue weighted by atomic mass is 10.3. The Morgan fingerprint density at radius 1 is 1.42 bits per heavy atom. The van der Waals surface area contributed by atoms with Gasteiger partial charge >= 0.3 is 0 Å². The van der Waals surface area contributed by atoms with Crippen LogP contribution in [0, 0.1) is 0 Å². The summed E-state index contributed by atoms with van der Waals surface area (Å²) in [6, 6.07) is 6.09. The molecule has 0 atom stereocenters. The molecule has 0 spiro atoms. The molecule has 1 aromatic rings. The molecule has 12 heavy (non-hydrogen) atoms. The highest BCUT2D eigenvalue weighted by Gasteiger charge is 1.95. The number of aryl methyl sites for hydroxylation is 1. The first-order valence-electron chi connectivity index (χ1n) is 4.30. The monoisotopic (exact) mass is 181 g/mol. The smallest absolute Gasteiger partial charge is 0.0411 e. The normalized spacial score (nSPS) is 10.6. The van der Waals surface area contributed by atoms with Crippen molar-refractivity contribution >= 4 is 11.8 Å². The maximum atomic E-state index is 4.26. The summed E-state index contributed by atoms with van der Waals surface area (Å²) in [5.41, 5.74) is 1.20. The molecule has 1 nitrogen and oxygen atoms in total. The molecule has 0 radical (unpaired) electrons. The zero-order valence-electron chi connectivity index (χ0n) is 7.66. The van der Waals surface area contributed by atoms with Crippen molar-refractivity contribution in [2.45, 2.75) is 25.5 Å². The van der Waals surface area contributed by atoms with E-state index in [9.17, 15) is 0 Å². The van der Waals surface area contributed by atoms with Gasteiger partial charge in [0.1, 0.15) is 0 Å². The molecule has 66 valence electrons. The van der Waals surface area contributed by atoms with E-state index < -0.39 is 0 Å². The number of aromatic nitrogens is 1. The number of nitrogens with zero attached hydrogens (tertiary/aromatic N) is 1. The average molecular weight is 181 g/mol. The van der Waals surface area contributed by atoms with Crippen molar-refractivity contribution in [2.24, 2.45) is 0 Å². The Kier molecular flexibility index (Phi) is 4.15. The average Bonchev–Trinajstić information content (AvgIpc) is 2.05. The SMILES string of the molecule is CC(C)SCCc1ccccn1. The van der Waals surface area contributed by atoms with Crippen molar-refractivity contribution in [1.29, 1.82) is 0 Å². The van der Waals surface area contributed by atoms with E-state index in [-0.39, 0.29) is 0 Å². The van der Waals surface area contributed by atoms with Gasteiger partial charge in [-0.25, -0.2) is 0 Å². The molecule has 0 saturated heterocycles. The molecule has 1 aromatic heterocycles. The molecule has 0 aliphatic rings. The van der Waals surface area contributed by atoms with Crippen LogP contribution >= 0.6 is 11.8 Å². The predicted molar refractivity (Wildman–Crippen MR) is 55.5 cm³/mol. The van der Waals surface area contributed by atoms with E-state index in [1.54, 1.807) is 0 Å². The van der Waals surface area contributed by atoms with Crippen LogP contribution in [0.5, 0.6) is 0 Å². The second kappa shape index (κ2) is 5.20. The van der Waals surface area contributed by atoms with Gasteiger partial charge < -0.3 is 0 Å². The van der Waals surface area contributed by atoms with Crippen molar-refractivity contribution in [2.75, 3.05) is 5.75 Å². The van der Waals surface area contributed by atoms with Crippen LogP contribution in [0.4, 0.5) is 0 Å². The molecule has 0 bridgehead atoms. The molecule has 0 aromatic carbocycles. The van der Waals surface area contributed by atoms with Gasteiger partial charge in [-0.05, 0) is 29.6 Å². The van der Waals surface area contributed by atoms with E-state index in [1.165, 1.54) is 11.4 Å². The van der Waals surface area contributed by atoms with Crippen molar-refractivity contribution in [3.8, 4) is 0 Å². The Morgan fingerprint density at radius 3 is 2.83 bits per heavy atom. The van der Waals surface area contributed by atoms with Crippen molar-refractivity contribution < 1.29 is 0 Å². The summed E-state index contributed by atoms with van der Waals surface area (Å²) in [4.78, 5) is 4.26. The molecule has 0 unspecified atom stereocenters. The molecule has 2 heteroatoms. The second-order valence-corrected chi connectivity index (χ2v) is 4.68. The standard InChI is InChI=1S/C10H15NS/c1-9(2)12-8-6-10-5-3-4-7-11-10/h3-5,7,9H,6,8H2,1-2H3. The molecular formula is C10H15NS. The quantitative estimate of drug-likeness (QED) is 0.708. The third kappa shape index (κ3) is 3.77. The number of thioether (sulfide) groups is 1. The van der Waals surface area contributed by atoms with Gasteiger partial charge in [0.15, 0.2) is 0 Å². The van der Waals surface area contributed by atoms with Crippen LogP contribution in [-0.2, 0) is 6.42 Å². The molecule has 0 aliphatic heterocycles. The highest BCUT2D eigenvalue weighted by atomic mass is 32.2. The van der Waals surface area contributed by atoms with Gasteiger partial charge in [-0.1, -0.05) is 19.9 Å². The number of hydrogen-bond acceptors (Lipinski definition) is 2. The molecule has 1 rings (SSSR count). The van der Waals surface area contributed by atoms with Crippen LogP contribution in [-0.4, -0.2) is 16.0 Å². The number of hydrogen-bond donors (Lipinski definition) is 0. The number of pyridine rings is 1. The van der Waals surface area contributed by atoms with Gasteiger partial charge in [-0.3, -0.25) is 4.98 Å². The Morgan fingerprint density at radius 2 is 2.25 bits per heavy atom. The first-order chi connectivity index (χ1) is 5.79. The molecule has 1 heterocycles. The van der Waals surface area contributed by atoms with Crippen LogP contribution in [0.1, 0.15) is 19.5 Å². The van der Waals surface area contributed by atoms with Gasteiger partial charge in [0.05, 0.1) is 0 Å². The van der Waals surface area contributed by atoms with Crippen LogP contribution in [0.15, 0.2) is 24.4 Å². The molecule has 0 fully saturated rings. The highest BCUT2D eigenvalue weighted by molar-refractivity contribution is 7.99. The third-order valence-corrected chi connectivity index (χ3v) is 2.64. The van der Waals surface area contributed by atoms with E-state index in [4.69, 9.17) is 0 Å². The second-order valence-electron chi connectivity index (χ2n) is 2.99. The maximum absolute atomic E-state index is 4.26. The molecule has 0 aliphatic carbocycles. The van der Waals surface area contributed by atoms with Gasteiger partial charge in [0, 0.05) is 11.9 Å². The van der Waals surface area contributed by atoms with E-state index >= 15 is 0 Å². The van der Waals surface area contributed by atoms with Crippen molar-refractivity contribution in [1.82, 2.24) is 4.98 Å². The van der Waals surface area contributed by atoms with E-state index in [2.05, 4.69) is 24.9 Å². The minimum absolute atomic E-state index is 0.730. The van der Waals surface area contributed by atoms with Crippen molar-refractivity contribution in [3.63, 3.8) is 0 Å². The van der Waals surface area contributed by atoms with Gasteiger partial charge in [0.25, 0.3) is 0 Å². The fourth-order valence-electron chi connectivity index (χ4n) is 0.945. The predicted octanol–water partition coefficient (Wildman–Crippen LogP) is 2.77. The first kappa shape index (κ1) is 9.59. The van der Waals surface area contributed by atoms with E-state index in [0.717, 1.165) is 11.7 Å². The molecule has 0 N–H and O–H groups in total. The van der Waals surface area contributed by atoms with Crippen LogP contribution in [0.25, 0.3) is 0 Å². The summed E-state index contributed by atoms with van der Waals surface area (Å²) >= 11 is 1.99. The van der Waals surface area contributed by atoms with Gasteiger partial charge in [-0.15, -0.1) is 0 Å². The zero-order valence-corrected chi connectivity index (χ0v) is 8.47. The Bertz CT molecular complexity index is 208. The summed E-state index contributed by atoms with van der Waals surface area (Å²) in [6.45, 7) is 4.45. The first-order valence-corrected chi connectivity index (χ1v) is 5.35. The van der Waals surface area contributed by atoms with Gasteiger partial charge in [-0.2, -0.15) is 11.8 Å². The van der Waals surface area contributed by atoms with Crippen LogP contribution < -0.4 is 0 Å². The van der Waals surface area contributed by atoms with E-state index in [0.29, 0.717) is 0 Å².